The quantitative estimate of drug-likeness (QED) is 0.602. The Kier molecular flexibility index (Phi) is 4.92. The van der Waals surface area contributed by atoms with Gasteiger partial charge in [-0.2, -0.15) is 13.2 Å². The highest BCUT2D eigenvalue weighted by Crippen LogP contribution is 2.33. The standard InChI is InChI=1S/C17H12F4N2O3S/c18-14-7-6-12(17(19,20)21)10-15(14)27(24,25)23(11-13-4-3-9-26-13)16-5-1-2-8-22-16/h1-10H,11H2. The lowest BCUT2D eigenvalue weighted by atomic mass is 10.2. The summed E-state index contributed by atoms with van der Waals surface area (Å²) in [5, 5.41) is 0. The first kappa shape index (κ1) is 18.9. The summed E-state index contributed by atoms with van der Waals surface area (Å²) in [7, 11) is -4.71. The van der Waals surface area contributed by atoms with Gasteiger partial charge in [-0.05, 0) is 42.5 Å². The van der Waals surface area contributed by atoms with E-state index in [2.05, 4.69) is 4.98 Å². The van der Waals surface area contributed by atoms with Crippen LogP contribution in [0.5, 0.6) is 0 Å². The first-order valence-electron chi connectivity index (χ1n) is 7.52. The van der Waals surface area contributed by atoms with E-state index in [4.69, 9.17) is 4.42 Å². The summed E-state index contributed by atoms with van der Waals surface area (Å²) in [5.41, 5.74) is -1.28. The zero-order valence-corrected chi connectivity index (χ0v) is 14.3. The van der Waals surface area contributed by atoms with Gasteiger partial charge in [0.25, 0.3) is 10.0 Å². The van der Waals surface area contributed by atoms with E-state index < -0.39 is 32.5 Å². The number of benzene rings is 1. The number of halogens is 4. The predicted molar refractivity (Wildman–Crippen MR) is 87.7 cm³/mol. The number of sulfonamides is 1. The topological polar surface area (TPSA) is 63.4 Å². The average Bonchev–Trinajstić information content (AvgIpc) is 3.13. The molecule has 0 saturated carbocycles. The summed E-state index contributed by atoms with van der Waals surface area (Å²) in [6.45, 7) is -0.373. The lowest BCUT2D eigenvalue weighted by Crippen LogP contribution is -2.32. The number of anilines is 1. The molecule has 0 aliphatic carbocycles. The molecule has 0 aliphatic heterocycles. The van der Waals surface area contributed by atoms with Gasteiger partial charge in [-0.3, -0.25) is 0 Å². The third kappa shape index (κ3) is 3.95. The normalized spacial score (nSPS) is 12.1. The second-order valence-corrected chi connectivity index (χ2v) is 7.25. The van der Waals surface area contributed by atoms with Crippen molar-refractivity contribution in [1.29, 1.82) is 0 Å². The molecule has 10 heteroatoms. The zero-order chi connectivity index (χ0) is 19.7. The number of pyridine rings is 1. The van der Waals surface area contributed by atoms with Crippen molar-refractivity contribution in [2.45, 2.75) is 17.6 Å². The van der Waals surface area contributed by atoms with Gasteiger partial charge in [0.1, 0.15) is 22.3 Å². The van der Waals surface area contributed by atoms with Crippen molar-refractivity contribution in [3.8, 4) is 0 Å². The van der Waals surface area contributed by atoms with Gasteiger partial charge in [-0.15, -0.1) is 0 Å². The number of rotatable bonds is 5. The van der Waals surface area contributed by atoms with E-state index in [9.17, 15) is 26.0 Å². The second kappa shape index (κ2) is 7.03. The number of nitrogens with zero attached hydrogens (tertiary/aromatic N) is 2. The Labute approximate surface area is 151 Å². The van der Waals surface area contributed by atoms with Crippen LogP contribution in [0.25, 0.3) is 0 Å². The summed E-state index contributed by atoms with van der Waals surface area (Å²) in [4.78, 5) is 2.81. The van der Waals surface area contributed by atoms with Crippen LogP contribution < -0.4 is 4.31 Å². The van der Waals surface area contributed by atoms with Crippen LogP contribution in [0, 0.1) is 5.82 Å². The molecule has 27 heavy (non-hydrogen) atoms. The summed E-state index contributed by atoms with van der Waals surface area (Å²) in [6, 6.07) is 8.58. The predicted octanol–water partition coefficient (Wildman–Crippen LogP) is 4.23. The molecule has 0 aliphatic rings. The largest absolute Gasteiger partial charge is 0.467 e. The average molecular weight is 400 g/mol. The smallest absolute Gasteiger partial charge is 0.416 e. The molecule has 0 unspecified atom stereocenters. The maximum atomic E-state index is 14.2. The van der Waals surface area contributed by atoms with Crippen molar-refractivity contribution in [1.82, 2.24) is 4.98 Å². The second-order valence-electron chi connectivity index (χ2n) is 5.42. The molecular formula is C17H12F4N2O3S. The van der Waals surface area contributed by atoms with Crippen LogP contribution in [-0.4, -0.2) is 13.4 Å². The van der Waals surface area contributed by atoms with Gasteiger partial charge in [-0.25, -0.2) is 22.1 Å². The third-order valence-corrected chi connectivity index (χ3v) is 5.38. The van der Waals surface area contributed by atoms with Gasteiger partial charge in [-0.1, -0.05) is 6.07 Å². The minimum atomic E-state index is -4.82. The van der Waals surface area contributed by atoms with Gasteiger partial charge in [0.2, 0.25) is 0 Å². The number of hydrogen-bond acceptors (Lipinski definition) is 4. The minimum Gasteiger partial charge on any atom is -0.467 e. The van der Waals surface area contributed by atoms with E-state index in [-0.39, 0.29) is 24.2 Å². The Bertz CT molecular complexity index is 1020. The summed E-state index contributed by atoms with van der Waals surface area (Å²) in [5.74, 6) is -1.19. The monoisotopic (exact) mass is 400 g/mol. The van der Waals surface area contributed by atoms with Crippen molar-refractivity contribution >= 4 is 15.8 Å². The molecule has 0 N–H and O–H groups in total. The fourth-order valence-corrected chi connectivity index (χ4v) is 3.81. The van der Waals surface area contributed by atoms with E-state index in [1.165, 1.54) is 42.8 Å². The van der Waals surface area contributed by atoms with Gasteiger partial charge in [0.15, 0.2) is 0 Å². The van der Waals surface area contributed by atoms with Crippen LogP contribution in [0.4, 0.5) is 23.4 Å². The van der Waals surface area contributed by atoms with Crippen molar-refractivity contribution in [3.63, 3.8) is 0 Å². The molecule has 0 bridgehead atoms. The molecule has 0 amide bonds. The van der Waals surface area contributed by atoms with Crippen LogP contribution in [0.3, 0.4) is 0 Å². The van der Waals surface area contributed by atoms with Crippen molar-refractivity contribution in [2.75, 3.05) is 4.31 Å². The molecule has 2 heterocycles. The molecular weight excluding hydrogens is 388 g/mol. The number of alkyl halides is 3. The lowest BCUT2D eigenvalue weighted by Gasteiger charge is -2.23. The zero-order valence-electron chi connectivity index (χ0n) is 13.5. The highest BCUT2D eigenvalue weighted by Gasteiger charge is 2.35. The van der Waals surface area contributed by atoms with Crippen LogP contribution in [0.15, 0.2) is 70.3 Å². The summed E-state index contributed by atoms with van der Waals surface area (Å²) < 4.78 is 84.9. The fourth-order valence-electron chi connectivity index (χ4n) is 2.33. The third-order valence-electron chi connectivity index (χ3n) is 3.61. The molecule has 3 aromatic rings. The SMILES string of the molecule is O=S(=O)(c1cc(C(F)(F)F)ccc1F)N(Cc1ccco1)c1ccccn1. The molecule has 0 spiro atoms. The van der Waals surface area contributed by atoms with Crippen LogP contribution in [-0.2, 0) is 22.7 Å². The maximum Gasteiger partial charge on any atom is 0.416 e. The molecule has 5 nitrogen and oxygen atoms in total. The first-order valence-corrected chi connectivity index (χ1v) is 8.96. The minimum absolute atomic E-state index is 0.0919. The van der Waals surface area contributed by atoms with Crippen LogP contribution >= 0.6 is 0 Å². The first-order chi connectivity index (χ1) is 12.7. The van der Waals surface area contributed by atoms with E-state index in [1.54, 1.807) is 0 Å². The highest BCUT2D eigenvalue weighted by molar-refractivity contribution is 7.92. The van der Waals surface area contributed by atoms with Crippen molar-refractivity contribution < 1.29 is 30.4 Å². The number of furan rings is 1. The molecule has 142 valence electrons. The molecule has 1 aromatic carbocycles. The summed E-state index contributed by atoms with van der Waals surface area (Å²) >= 11 is 0. The van der Waals surface area contributed by atoms with Crippen molar-refractivity contribution in [2.24, 2.45) is 0 Å². The maximum absolute atomic E-state index is 14.2. The van der Waals surface area contributed by atoms with E-state index >= 15 is 0 Å². The van der Waals surface area contributed by atoms with Gasteiger partial charge in [0, 0.05) is 6.20 Å². The van der Waals surface area contributed by atoms with Gasteiger partial charge < -0.3 is 4.42 Å². The van der Waals surface area contributed by atoms with E-state index in [1.807, 2.05) is 0 Å². The van der Waals surface area contributed by atoms with Crippen LogP contribution in [0.2, 0.25) is 0 Å². The lowest BCUT2D eigenvalue weighted by molar-refractivity contribution is -0.137. The summed E-state index contributed by atoms with van der Waals surface area (Å²) in [6.07, 6.45) is -2.21. The highest BCUT2D eigenvalue weighted by atomic mass is 32.2. The van der Waals surface area contributed by atoms with Crippen LogP contribution in [0.1, 0.15) is 11.3 Å². The Morgan fingerprint density at radius 3 is 2.44 bits per heavy atom. The molecule has 2 aromatic heterocycles. The Morgan fingerprint density at radius 2 is 1.85 bits per heavy atom. The van der Waals surface area contributed by atoms with Gasteiger partial charge in [0.05, 0.1) is 18.4 Å². The number of aromatic nitrogens is 1. The number of hydrogen-bond donors (Lipinski definition) is 0. The Morgan fingerprint density at radius 1 is 1.07 bits per heavy atom. The molecule has 3 rings (SSSR count). The van der Waals surface area contributed by atoms with Gasteiger partial charge >= 0.3 is 6.18 Å². The van der Waals surface area contributed by atoms with Crippen molar-refractivity contribution in [3.05, 3.63) is 78.1 Å². The molecule has 0 atom stereocenters. The molecule has 0 radical (unpaired) electrons. The Hall–Kier alpha value is -2.88. The van der Waals surface area contributed by atoms with E-state index in [0.717, 1.165) is 0 Å². The van der Waals surface area contributed by atoms with E-state index in [0.29, 0.717) is 16.4 Å². The molecule has 0 fully saturated rings. The fraction of sp³-hybridized carbons (Fsp3) is 0.118. The molecule has 0 saturated heterocycles. The Balaban J connectivity index is 2.13.